The van der Waals surface area contributed by atoms with E-state index in [1.807, 2.05) is 39.9 Å². The quantitative estimate of drug-likeness (QED) is 0.635. The normalized spacial score (nSPS) is 14.3. The van der Waals surface area contributed by atoms with E-state index in [2.05, 4.69) is 21.1 Å². The Morgan fingerprint density at radius 2 is 2.04 bits per heavy atom. The number of anilines is 1. The number of nitrogens with zero attached hydrogens (tertiary/aromatic N) is 4. The molecule has 2 aromatic heterocycles. The van der Waals surface area contributed by atoms with E-state index >= 15 is 0 Å². The van der Waals surface area contributed by atoms with Crippen molar-refractivity contribution in [2.24, 2.45) is 0 Å². The number of benzene rings is 1. The van der Waals surface area contributed by atoms with Crippen molar-refractivity contribution < 1.29 is 14.1 Å². The summed E-state index contributed by atoms with van der Waals surface area (Å²) >= 11 is 1.59. The van der Waals surface area contributed by atoms with E-state index in [1.54, 1.807) is 18.4 Å². The topological polar surface area (TPSA) is 71.7 Å². The highest BCUT2D eigenvalue weighted by molar-refractivity contribution is 7.08. The van der Waals surface area contributed by atoms with Crippen LogP contribution in [0.3, 0.4) is 0 Å². The molecule has 8 heteroatoms. The molecule has 0 N–H and O–H groups in total. The van der Waals surface area contributed by atoms with Crippen LogP contribution in [0.15, 0.2) is 45.6 Å². The number of aryl methyl sites for hydroxylation is 1. The van der Waals surface area contributed by atoms with Gasteiger partial charge in [-0.05, 0) is 23.6 Å². The van der Waals surface area contributed by atoms with Crippen LogP contribution >= 0.6 is 11.3 Å². The number of carbonyl (C=O) groups excluding carboxylic acids is 1. The van der Waals surface area contributed by atoms with Crippen LogP contribution in [0.4, 0.5) is 5.69 Å². The van der Waals surface area contributed by atoms with Crippen molar-refractivity contribution in [3.63, 3.8) is 0 Å². The first-order chi connectivity index (χ1) is 13.7. The van der Waals surface area contributed by atoms with E-state index < -0.39 is 0 Å². The van der Waals surface area contributed by atoms with E-state index in [4.69, 9.17) is 9.26 Å². The lowest BCUT2D eigenvalue weighted by atomic mass is 10.2. The summed E-state index contributed by atoms with van der Waals surface area (Å²) in [7, 11) is 1.68. The molecule has 0 saturated carbocycles. The Morgan fingerprint density at radius 3 is 2.79 bits per heavy atom. The van der Waals surface area contributed by atoms with Gasteiger partial charge in [0.25, 0.3) is 0 Å². The SMILES string of the molecule is COc1ccccc1N1CCN(C(=O)CCc2nc(-c3ccsc3)no2)CC1. The molecule has 1 fully saturated rings. The van der Waals surface area contributed by atoms with E-state index in [0.29, 0.717) is 37.6 Å². The smallest absolute Gasteiger partial charge is 0.227 e. The summed E-state index contributed by atoms with van der Waals surface area (Å²) in [4.78, 5) is 21.1. The van der Waals surface area contributed by atoms with Crippen molar-refractivity contribution in [1.29, 1.82) is 0 Å². The lowest BCUT2D eigenvalue weighted by Gasteiger charge is -2.36. The van der Waals surface area contributed by atoms with Gasteiger partial charge in [0.05, 0.1) is 12.8 Å². The Balaban J connectivity index is 1.29. The Labute approximate surface area is 167 Å². The van der Waals surface area contributed by atoms with Crippen molar-refractivity contribution in [2.75, 3.05) is 38.2 Å². The van der Waals surface area contributed by atoms with E-state index in [9.17, 15) is 4.79 Å². The van der Waals surface area contributed by atoms with E-state index in [0.717, 1.165) is 30.1 Å². The molecule has 0 aliphatic carbocycles. The molecule has 3 aromatic rings. The maximum Gasteiger partial charge on any atom is 0.227 e. The van der Waals surface area contributed by atoms with Crippen LogP contribution < -0.4 is 9.64 Å². The van der Waals surface area contributed by atoms with Gasteiger partial charge in [0.2, 0.25) is 17.6 Å². The number of rotatable bonds is 6. The number of hydrogen-bond acceptors (Lipinski definition) is 7. The zero-order valence-electron chi connectivity index (χ0n) is 15.7. The highest BCUT2D eigenvalue weighted by Crippen LogP contribution is 2.28. The van der Waals surface area contributed by atoms with Gasteiger partial charge in [-0.1, -0.05) is 17.3 Å². The highest BCUT2D eigenvalue weighted by atomic mass is 32.1. The Morgan fingerprint density at radius 1 is 1.21 bits per heavy atom. The predicted molar refractivity (Wildman–Crippen MR) is 108 cm³/mol. The van der Waals surface area contributed by atoms with Gasteiger partial charge in [-0.2, -0.15) is 16.3 Å². The molecule has 0 bridgehead atoms. The minimum atomic E-state index is 0.120. The van der Waals surface area contributed by atoms with Crippen LogP contribution in [0, 0.1) is 0 Å². The van der Waals surface area contributed by atoms with E-state index in [-0.39, 0.29) is 5.91 Å². The zero-order valence-corrected chi connectivity index (χ0v) is 16.5. The molecular weight excluding hydrogens is 376 g/mol. The second-order valence-electron chi connectivity index (χ2n) is 6.56. The second kappa shape index (κ2) is 8.43. The van der Waals surface area contributed by atoms with Crippen LogP contribution in [0.1, 0.15) is 12.3 Å². The monoisotopic (exact) mass is 398 g/mol. The summed E-state index contributed by atoms with van der Waals surface area (Å²) in [5, 5.41) is 7.93. The molecular formula is C20H22N4O3S. The first-order valence-corrected chi connectivity index (χ1v) is 10.2. The number of ether oxygens (including phenoxy) is 1. The summed E-state index contributed by atoms with van der Waals surface area (Å²) in [6.07, 6.45) is 0.836. The standard InChI is InChI=1S/C20H22N4O3S/c1-26-17-5-3-2-4-16(17)23-9-11-24(12-10-23)19(25)7-6-18-21-20(22-27-18)15-8-13-28-14-15/h2-5,8,13-14H,6-7,9-12H2,1H3. The maximum absolute atomic E-state index is 12.6. The third-order valence-corrected chi connectivity index (χ3v) is 5.54. The molecule has 1 saturated heterocycles. The van der Waals surface area contributed by atoms with Crippen LogP contribution in [-0.2, 0) is 11.2 Å². The molecule has 0 unspecified atom stereocenters. The largest absolute Gasteiger partial charge is 0.495 e. The molecule has 0 spiro atoms. The number of methoxy groups -OCH3 is 1. The number of thiophene rings is 1. The van der Waals surface area contributed by atoms with Crippen molar-refractivity contribution >= 4 is 22.9 Å². The summed E-state index contributed by atoms with van der Waals surface area (Å²) in [5.74, 6) is 2.06. The van der Waals surface area contributed by atoms with Gasteiger partial charge in [0.1, 0.15) is 5.75 Å². The summed E-state index contributed by atoms with van der Waals surface area (Å²) in [5.41, 5.74) is 2.02. The third kappa shape index (κ3) is 4.01. The van der Waals surface area contributed by atoms with Gasteiger partial charge in [0.15, 0.2) is 0 Å². The summed E-state index contributed by atoms with van der Waals surface area (Å²) in [6, 6.07) is 9.93. The van der Waals surface area contributed by atoms with Crippen molar-refractivity contribution in [1.82, 2.24) is 15.0 Å². The number of amides is 1. The maximum atomic E-state index is 12.6. The lowest BCUT2D eigenvalue weighted by molar-refractivity contribution is -0.131. The molecule has 4 rings (SSSR count). The minimum absolute atomic E-state index is 0.120. The molecule has 0 atom stereocenters. The number of carbonyl (C=O) groups is 1. The molecule has 0 radical (unpaired) electrons. The first kappa shape index (κ1) is 18.5. The second-order valence-corrected chi connectivity index (χ2v) is 7.34. The molecule has 7 nitrogen and oxygen atoms in total. The van der Waals surface area contributed by atoms with Gasteiger partial charge in [-0.15, -0.1) is 0 Å². The average molecular weight is 398 g/mol. The molecule has 1 aliphatic rings. The molecule has 1 aliphatic heterocycles. The van der Waals surface area contributed by atoms with Crippen molar-refractivity contribution in [3.8, 4) is 17.1 Å². The van der Waals surface area contributed by atoms with Crippen LogP contribution in [0.25, 0.3) is 11.4 Å². The lowest BCUT2D eigenvalue weighted by Crippen LogP contribution is -2.48. The number of para-hydroxylation sites is 2. The van der Waals surface area contributed by atoms with Crippen LogP contribution in [-0.4, -0.2) is 54.2 Å². The number of hydrogen-bond donors (Lipinski definition) is 0. The Bertz CT molecular complexity index is 917. The minimum Gasteiger partial charge on any atom is -0.495 e. The van der Waals surface area contributed by atoms with Crippen LogP contribution in [0.2, 0.25) is 0 Å². The molecule has 1 aromatic carbocycles. The van der Waals surface area contributed by atoms with Crippen molar-refractivity contribution in [3.05, 3.63) is 47.0 Å². The fourth-order valence-corrected chi connectivity index (χ4v) is 3.96. The van der Waals surface area contributed by atoms with Gasteiger partial charge < -0.3 is 19.1 Å². The Hall–Kier alpha value is -2.87. The molecule has 1 amide bonds. The molecule has 28 heavy (non-hydrogen) atoms. The third-order valence-electron chi connectivity index (χ3n) is 4.86. The van der Waals surface area contributed by atoms with Gasteiger partial charge in [0, 0.05) is 50.0 Å². The van der Waals surface area contributed by atoms with Gasteiger partial charge in [-0.3, -0.25) is 4.79 Å². The predicted octanol–water partition coefficient (Wildman–Crippen LogP) is 3.09. The Kier molecular flexibility index (Phi) is 5.57. The van der Waals surface area contributed by atoms with Crippen LogP contribution in [0.5, 0.6) is 5.75 Å². The average Bonchev–Trinajstić information content (AvgIpc) is 3.44. The van der Waals surface area contributed by atoms with Crippen molar-refractivity contribution in [2.45, 2.75) is 12.8 Å². The van der Waals surface area contributed by atoms with E-state index in [1.165, 1.54) is 0 Å². The summed E-state index contributed by atoms with van der Waals surface area (Å²) in [6.45, 7) is 2.96. The molecule has 146 valence electrons. The zero-order chi connectivity index (χ0) is 19.3. The number of piperazine rings is 1. The van der Waals surface area contributed by atoms with Gasteiger partial charge in [-0.25, -0.2) is 0 Å². The van der Waals surface area contributed by atoms with Gasteiger partial charge >= 0.3 is 0 Å². The highest BCUT2D eigenvalue weighted by Gasteiger charge is 2.23. The fraction of sp³-hybridized carbons (Fsp3) is 0.350. The fourth-order valence-electron chi connectivity index (χ4n) is 3.33. The first-order valence-electron chi connectivity index (χ1n) is 9.25. The molecule has 3 heterocycles. The summed E-state index contributed by atoms with van der Waals surface area (Å²) < 4.78 is 10.7. The number of aromatic nitrogens is 2.